The van der Waals surface area contributed by atoms with Crippen LogP contribution >= 0.6 is 0 Å². The van der Waals surface area contributed by atoms with Crippen LogP contribution in [0.15, 0.2) is 48.5 Å². The maximum Gasteiger partial charge on any atom is 0.356 e. The molecule has 0 aliphatic heterocycles. The van der Waals surface area contributed by atoms with E-state index in [2.05, 4.69) is 10.3 Å². The van der Waals surface area contributed by atoms with Crippen molar-refractivity contribution in [3.05, 3.63) is 65.4 Å². The van der Waals surface area contributed by atoms with E-state index in [1.807, 2.05) is 56.3 Å². The Bertz CT molecular complexity index is 888. The van der Waals surface area contributed by atoms with Crippen LogP contribution in [0.2, 0.25) is 0 Å². The number of aromatic nitrogens is 1. The van der Waals surface area contributed by atoms with Gasteiger partial charge in [-0.25, -0.2) is 9.78 Å². The van der Waals surface area contributed by atoms with Gasteiger partial charge in [0.1, 0.15) is 0 Å². The topological polar surface area (TPSA) is 51.2 Å². The summed E-state index contributed by atoms with van der Waals surface area (Å²) < 4.78 is 4.82. The number of hydrogen-bond acceptors (Lipinski definition) is 4. The highest BCUT2D eigenvalue weighted by Crippen LogP contribution is 2.29. The van der Waals surface area contributed by atoms with Gasteiger partial charge in [0.15, 0.2) is 5.69 Å². The third-order valence-electron chi connectivity index (χ3n) is 3.85. The molecule has 3 aromatic rings. The minimum absolute atomic E-state index is 0.297. The van der Waals surface area contributed by atoms with E-state index in [0.29, 0.717) is 5.69 Å². The minimum atomic E-state index is -0.442. The largest absolute Gasteiger partial charge is 0.464 e. The second kappa shape index (κ2) is 6.08. The Morgan fingerprint density at radius 3 is 2.48 bits per heavy atom. The first-order valence-corrected chi connectivity index (χ1v) is 7.41. The highest BCUT2D eigenvalue weighted by Gasteiger charge is 2.14. The molecule has 1 aromatic heterocycles. The standard InChI is InChI=1S/C19H18N2O2/c1-12-7-4-5-10-15(12)20-16-11-17(19(22)23-3)21-18-13(2)8-6-9-14(16)18/h4-11H,1-3H3,(H,20,21). The molecule has 0 aliphatic carbocycles. The average Bonchev–Trinajstić information content (AvgIpc) is 2.56. The lowest BCUT2D eigenvalue weighted by molar-refractivity contribution is 0.0594. The number of nitrogens with zero attached hydrogens (tertiary/aromatic N) is 1. The molecule has 0 radical (unpaired) electrons. The number of para-hydroxylation sites is 2. The Kier molecular flexibility index (Phi) is 3.98. The summed E-state index contributed by atoms with van der Waals surface area (Å²) in [4.78, 5) is 16.4. The lowest BCUT2D eigenvalue weighted by atomic mass is 10.1. The second-order valence-electron chi connectivity index (χ2n) is 5.46. The van der Waals surface area contributed by atoms with Crippen LogP contribution in [0, 0.1) is 13.8 Å². The van der Waals surface area contributed by atoms with E-state index in [9.17, 15) is 4.79 Å². The zero-order valence-electron chi connectivity index (χ0n) is 13.4. The number of nitrogens with one attached hydrogen (secondary N) is 1. The molecule has 0 amide bonds. The number of aryl methyl sites for hydroxylation is 2. The molecule has 0 unspecified atom stereocenters. The van der Waals surface area contributed by atoms with E-state index in [0.717, 1.165) is 33.4 Å². The van der Waals surface area contributed by atoms with Gasteiger partial charge in [-0.1, -0.05) is 36.4 Å². The molecule has 4 nitrogen and oxygen atoms in total. The SMILES string of the molecule is COC(=O)c1cc(Nc2ccccc2C)c2cccc(C)c2n1. The fourth-order valence-electron chi connectivity index (χ4n) is 2.56. The Morgan fingerprint density at radius 1 is 1.00 bits per heavy atom. The second-order valence-corrected chi connectivity index (χ2v) is 5.46. The van der Waals surface area contributed by atoms with E-state index in [1.54, 1.807) is 6.07 Å². The maximum atomic E-state index is 11.9. The summed E-state index contributed by atoms with van der Waals surface area (Å²) >= 11 is 0. The van der Waals surface area contributed by atoms with Crippen LogP contribution in [0.5, 0.6) is 0 Å². The summed E-state index contributed by atoms with van der Waals surface area (Å²) in [6.07, 6.45) is 0. The first-order chi connectivity index (χ1) is 11.1. The summed E-state index contributed by atoms with van der Waals surface area (Å²) in [5, 5.41) is 4.39. The number of anilines is 2. The van der Waals surface area contributed by atoms with Gasteiger partial charge in [-0.3, -0.25) is 0 Å². The molecule has 1 heterocycles. The molecule has 0 fully saturated rings. The smallest absolute Gasteiger partial charge is 0.356 e. The first kappa shape index (κ1) is 15.0. The minimum Gasteiger partial charge on any atom is -0.464 e. The monoisotopic (exact) mass is 306 g/mol. The predicted molar refractivity (Wildman–Crippen MR) is 92.3 cm³/mol. The fraction of sp³-hybridized carbons (Fsp3) is 0.158. The first-order valence-electron chi connectivity index (χ1n) is 7.41. The molecule has 0 spiro atoms. The molecular weight excluding hydrogens is 288 g/mol. The molecule has 23 heavy (non-hydrogen) atoms. The molecule has 2 aromatic carbocycles. The van der Waals surface area contributed by atoms with Crippen molar-refractivity contribution < 1.29 is 9.53 Å². The van der Waals surface area contributed by atoms with Crippen LogP contribution in [0.3, 0.4) is 0 Å². The number of carbonyl (C=O) groups excluding carboxylic acids is 1. The summed E-state index contributed by atoms with van der Waals surface area (Å²) in [5.41, 5.74) is 5.08. The van der Waals surface area contributed by atoms with Gasteiger partial charge >= 0.3 is 5.97 Å². The van der Waals surface area contributed by atoms with E-state index in [4.69, 9.17) is 4.74 Å². The van der Waals surface area contributed by atoms with Crippen LogP contribution in [0.25, 0.3) is 10.9 Å². The highest BCUT2D eigenvalue weighted by atomic mass is 16.5. The summed E-state index contributed by atoms with van der Waals surface area (Å²) in [5.74, 6) is -0.442. The Morgan fingerprint density at radius 2 is 1.74 bits per heavy atom. The van der Waals surface area contributed by atoms with Crippen LogP contribution in [0.1, 0.15) is 21.6 Å². The van der Waals surface area contributed by atoms with Crippen molar-refractivity contribution in [2.75, 3.05) is 12.4 Å². The molecule has 4 heteroatoms. The quantitative estimate of drug-likeness (QED) is 0.729. The van der Waals surface area contributed by atoms with Crippen molar-refractivity contribution in [3.8, 4) is 0 Å². The number of carbonyl (C=O) groups is 1. The van der Waals surface area contributed by atoms with Gasteiger partial charge < -0.3 is 10.1 Å². The zero-order chi connectivity index (χ0) is 16.4. The molecule has 116 valence electrons. The highest BCUT2D eigenvalue weighted by molar-refractivity contribution is 5.99. The van der Waals surface area contributed by atoms with E-state index in [-0.39, 0.29) is 0 Å². The van der Waals surface area contributed by atoms with Crippen molar-refractivity contribution in [2.45, 2.75) is 13.8 Å². The zero-order valence-corrected chi connectivity index (χ0v) is 13.4. The van der Waals surface area contributed by atoms with Crippen molar-refractivity contribution in [1.82, 2.24) is 4.98 Å². The van der Waals surface area contributed by atoms with Gasteiger partial charge in [0, 0.05) is 11.1 Å². The molecule has 0 bridgehead atoms. The third kappa shape index (κ3) is 2.88. The lowest BCUT2D eigenvalue weighted by Gasteiger charge is -2.14. The molecule has 0 atom stereocenters. The Hall–Kier alpha value is -2.88. The van der Waals surface area contributed by atoms with Crippen molar-refractivity contribution >= 4 is 28.2 Å². The third-order valence-corrected chi connectivity index (χ3v) is 3.85. The van der Waals surface area contributed by atoms with Gasteiger partial charge in [0.05, 0.1) is 18.3 Å². The molecule has 0 saturated heterocycles. The maximum absolute atomic E-state index is 11.9. The van der Waals surface area contributed by atoms with Crippen LogP contribution in [-0.2, 0) is 4.74 Å². The van der Waals surface area contributed by atoms with Gasteiger partial charge in [-0.15, -0.1) is 0 Å². The van der Waals surface area contributed by atoms with Gasteiger partial charge in [-0.2, -0.15) is 0 Å². The number of methoxy groups -OCH3 is 1. The van der Waals surface area contributed by atoms with Crippen molar-refractivity contribution in [1.29, 1.82) is 0 Å². The lowest BCUT2D eigenvalue weighted by Crippen LogP contribution is -2.06. The number of ether oxygens (including phenoxy) is 1. The van der Waals surface area contributed by atoms with E-state index < -0.39 is 5.97 Å². The number of esters is 1. The molecular formula is C19H18N2O2. The fourth-order valence-corrected chi connectivity index (χ4v) is 2.56. The Balaban J connectivity index is 2.20. The number of benzene rings is 2. The summed E-state index contributed by atoms with van der Waals surface area (Å²) in [6.45, 7) is 4.02. The van der Waals surface area contributed by atoms with Crippen LogP contribution in [0.4, 0.5) is 11.4 Å². The number of fused-ring (bicyclic) bond motifs is 1. The Labute approximate surface area is 135 Å². The summed E-state index contributed by atoms with van der Waals surface area (Å²) in [6, 6.07) is 15.7. The molecule has 3 rings (SSSR count). The van der Waals surface area contributed by atoms with Gasteiger partial charge in [0.25, 0.3) is 0 Å². The van der Waals surface area contributed by atoms with Crippen molar-refractivity contribution in [3.63, 3.8) is 0 Å². The number of rotatable bonds is 3. The van der Waals surface area contributed by atoms with Crippen LogP contribution < -0.4 is 5.32 Å². The normalized spacial score (nSPS) is 10.6. The van der Waals surface area contributed by atoms with Crippen LogP contribution in [-0.4, -0.2) is 18.1 Å². The molecule has 0 saturated carbocycles. The predicted octanol–water partition coefficient (Wildman–Crippen LogP) is 4.38. The van der Waals surface area contributed by atoms with Gasteiger partial charge in [-0.05, 0) is 37.1 Å². The number of hydrogen-bond donors (Lipinski definition) is 1. The molecule has 0 aliphatic rings. The molecule has 1 N–H and O–H groups in total. The number of pyridine rings is 1. The summed E-state index contributed by atoms with van der Waals surface area (Å²) in [7, 11) is 1.36. The average molecular weight is 306 g/mol. The van der Waals surface area contributed by atoms with E-state index >= 15 is 0 Å². The van der Waals surface area contributed by atoms with E-state index in [1.165, 1.54) is 7.11 Å². The van der Waals surface area contributed by atoms with Gasteiger partial charge in [0.2, 0.25) is 0 Å². The van der Waals surface area contributed by atoms with Crippen molar-refractivity contribution in [2.24, 2.45) is 0 Å².